The summed E-state index contributed by atoms with van der Waals surface area (Å²) in [5.74, 6) is 0.464. The molecular weight excluding hydrogens is 351 g/mol. The van der Waals surface area contributed by atoms with Crippen molar-refractivity contribution in [3.05, 3.63) is 59.9 Å². The molecule has 0 saturated carbocycles. The Kier molecular flexibility index (Phi) is 4.71. The summed E-state index contributed by atoms with van der Waals surface area (Å²) in [6, 6.07) is 14.2. The van der Waals surface area contributed by atoms with Crippen LogP contribution in [-0.2, 0) is 4.79 Å². The van der Waals surface area contributed by atoms with E-state index in [0.29, 0.717) is 23.0 Å². The minimum atomic E-state index is -0.357. The van der Waals surface area contributed by atoms with Gasteiger partial charge in [-0.25, -0.2) is 9.38 Å². The Balaban J connectivity index is 1.47. The van der Waals surface area contributed by atoms with Gasteiger partial charge in [0.25, 0.3) is 0 Å². The first-order valence-electron chi connectivity index (χ1n) is 8.40. The van der Waals surface area contributed by atoms with Crippen molar-refractivity contribution in [1.82, 2.24) is 5.43 Å². The second kappa shape index (κ2) is 7.29. The molecular formula is C19H17FN4OS. The number of nitrogens with one attached hydrogen (secondary N) is 1. The van der Waals surface area contributed by atoms with E-state index in [4.69, 9.17) is 0 Å². The third-order valence-corrected chi connectivity index (χ3v) is 5.17. The standard InChI is InChI=1S/C19H17FN4OS/c20-15-4-1-2-5-16(15)21-19-23-22-17(12-26-19)13-7-9-14(10-8-13)24-11-3-6-18(24)25/h1-2,4-5,7-10H,3,6,11-12H2,(H,21,23). The van der Waals surface area contributed by atoms with Crippen molar-refractivity contribution >= 4 is 39.9 Å². The summed E-state index contributed by atoms with van der Waals surface area (Å²) < 4.78 is 13.7. The summed E-state index contributed by atoms with van der Waals surface area (Å²) in [5, 5.41) is 4.93. The molecule has 0 aromatic heterocycles. The van der Waals surface area contributed by atoms with Gasteiger partial charge in [-0.05, 0) is 36.2 Å². The number of anilines is 1. The maximum Gasteiger partial charge on any atom is 0.227 e. The van der Waals surface area contributed by atoms with E-state index in [-0.39, 0.29) is 11.7 Å². The van der Waals surface area contributed by atoms with Gasteiger partial charge in [-0.1, -0.05) is 36.0 Å². The molecule has 1 N–H and O–H groups in total. The van der Waals surface area contributed by atoms with E-state index in [2.05, 4.69) is 15.5 Å². The highest BCUT2D eigenvalue weighted by molar-refractivity contribution is 8.14. The summed E-state index contributed by atoms with van der Waals surface area (Å²) in [5.41, 5.74) is 5.99. The number of benzene rings is 2. The van der Waals surface area contributed by atoms with Gasteiger partial charge in [-0.15, -0.1) is 0 Å². The third-order valence-electron chi connectivity index (χ3n) is 4.29. The first kappa shape index (κ1) is 16.8. The molecule has 2 heterocycles. The van der Waals surface area contributed by atoms with E-state index in [9.17, 15) is 9.18 Å². The predicted octanol–water partition coefficient (Wildman–Crippen LogP) is 3.68. The molecule has 132 valence electrons. The quantitative estimate of drug-likeness (QED) is 0.899. The number of carbonyl (C=O) groups excluding carboxylic acids is 1. The highest BCUT2D eigenvalue weighted by atomic mass is 32.2. The fourth-order valence-corrected chi connectivity index (χ4v) is 3.71. The van der Waals surface area contributed by atoms with Gasteiger partial charge in [-0.2, -0.15) is 5.10 Å². The normalized spacial score (nSPS) is 18.8. The molecule has 2 aliphatic rings. The summed E-state index contributed by atoms with van der Waals surface area (Å²) in [6.45, 7) is 0.784. The zero-order valence-corrected chi connectivity index (χ0v) is 14.8. The minimum Gasteiger partial charge on any atom is -0.312 e. The molecule has 1 amide bonds. The number of hydrogen-bond acceptors (Lipinski definition) is 4. The van der Waals surface area contributed by atoms with Gasteiger partial charge in [0, 0.05) is 24.4 Å². The van der Waals surface area contributed by atoms with Gasteiger partial charge in [-0.3, -0.25) is 10.2 Å². The van der Waals surface area contributed by atoms with Gasteiger partial charge in [0.15, 0.2) is 5.17 Å². The molecule has 7 heteroatoms. The Morgan fingerprint density at radius 1 is 1.15 bits per heavy atom. The lowest BCUT2D eigenvalue weighted by atomic mass is 10.1. The van der Waals surface area contributed by atoms with E-state index in [1.54, 1.807) is 18.2 Å². The molecule has 0 unspecified atom stereocenters. The molecule has 0 radical (unpaired) electrons. The Morgan fingerprint density at radius 2 is 1.96 bits per heavy atom. The van der Waals surface area contributed by atoms with Crippen molar-refractivity contribution in [2.45, 2.75) is 12.8 Å². The number of carbonyl (C=O) groups is 1. The molecule has 2 aliphatic heterocycles. The van der Waals surface area contributed by atoms with Crippen LogP contribution in [0.5, 0.6) is 0 Å². The maximum absolute atomic E-state index is 13.7. The van der Waals surface area contributed by atoms with E-state index in [1.165, 1.54) is 17.8 Å². The molecule has 1 fully saturated rings. The van der Waals surface area contributed by atoms with Crippen LogP contribution in [-0.4, -0.2) is 29.1 Å². The maximum atomic E-state index is 13.7. The number of amidine groups is 1. The van der Waals surface area contributed by atoms with Gasteiger partial charge in [0.1, 0.15) is 11.5 Å². The number of rotatable bonds is 3. The number of aliphatic imine (C=N–C) groups is 1. The van der Waals surface area contributed by atoms with Gasteiger partial charge in [0.2, 0.25) is 5.91 Å². The second-order valence-corrected chi connectivity index (χ2v) is 6.99. The van der Waals surface area contributed by atoms with Crippen LogP contribution < -0.4 is 10.3 Å². The highest BCUT2D eigenvalue weighted by Crippen LogP contribution is 2.24. The Labute approximate surface area is 155 Å². The minimum absolute atomic E-state index is 0.180. The smallest absolute Gasteiger partial charge is 0.227 e. The monoisotopic (exact) mass is 368 g/mol. The van der Waals surface area contributed by atoms with Gasteiger partial charge < -0.3 is 4.90 Å². The molecule has 4 rings (SSSR count). The number of hydrazone groups is 1. The fraction of sp³-hybridized carbons (Fsp3) is 0.211. The van der Waals surface area contributed by atoms with E-state index < -0.39 is 0 Å². The molecule has 0 bridgehead atoms. The van der Waals surface area contributed by atoms with Crippen LogP contribution in [0, 0.1) is 5.82 Å². The van der Waals surface area contributed by atoms with Gasteiger partial charge in [0.05, 0.1) is 5.71 Å². The Morgan fingerprint density at radius 3 is 2.62 bits per heavy atom. The van der Waals surface area contributed by atoms with Crippen molar-refractivity contribution in [2.75, 3.05) is 17.2 Å². The lowest BCUT2D eigenvalue weighted by Gasteiger charge is -2.18. The molecule has 0 aliphatic carbocycles. The summed E-state index contributed by atoms with van der Waals surface area (Å²) >= 11 is 1.48. The zero-order valence-electron chi connectivity index (χ0n) is 14.0. The number of amides is 1. The van der Waals surface area contributed by atoms with Crippen molar-refractivity contribution in [3.63, 3.8) is 0 Å². The number of para-hydroxylation sites is 1. The average Bonchev–Trinajstić information content (AvgIpc) is 3.10. The van der Waals surface area contributed by atoms with Crippen LogP contribution in [0.2, 0.25) is 0 Å². The van der Waals surface area contributed by atoms with Crippen LogP contribution in [0.15, 0.2) is 58.6 Å². The van der Waals surface area contributed by atoms with Crippen molar-refractivity contribution < 1.29 is 9.18 Å². The van der Waals surface area contributed by atoms with Crippen LogP contribution in [0.4, 0.5) is 15.8 Å². The summed E-state index contributed by atoms with van der Waals surface area (Å²) in [6.07, 6.45) is 1.54. The lowest BCUT2D eigenvalue weighted by Crippen LogP contribution is -2.26. The molecule has 2 aromatic carbocycles. The van der Waals surface area contributed by atoms with Crippen LogP contribution >= 0.6 is 11.8 Å². The molecule has 0 atom stereocenters. The van der Waals surface area contributed by atoms with Crippen molar-refractivity contribution in [1.29, 1.82) is 0 Å². The first-order chi connectivity index (χ1) is 12.7. The van der Waals surface area contributed by atoms with E-state index in [1.807, 2.05) is 29.2 Å². The van der Waals surface area contributed by atoms with E-state index in [0.717, 1.165) is 29.9 Å². The predicted molar refractivity (Wildman–Crippen MR) is 104 cm³/mol. The molecule has 1 saturated heterocycles. The molecule has 26 heavy (non-hydrogen) atoms. The van der Waals surface area contributed by atoms with Crippen LogP contribution in [0.25, 0.3) is 0 Å². The largest absolute Gasteiger partial charge is 0.312 e. The summed E-state index contributed by atoms with van der Waals surface area (Å²) in [7, 11) is 0. The van der Waals surface area contributed by atoms with Gasteiger partial charge >= 0.3 is 0 Å². The fourth-order valence-electron chi connectivity index (χ4n) is 2.93. The van der Waals surface area contributed by atoms with Crippen LogP contribution in [0.1, 0.15) is 18.4 Å². The number of thioether (sulfide) groups is 1. The Bertz CT molecular complexity index is 895. The number of halogens is 1. The van der Waals surface area contributed by atoms with Crippen molar-refractivity contribution in [3.8, 4) is 0 Å². The Hall–Kier alpha value is -2.67. The third kappa shape index (κ3) is 3.48. The zero-order chi connectivity index (χ0) is 17.9. The summed E-state index contributed by atoms with van der Waals surface area (Å²) in [4.78, 5) is 17.9. The van der Waals surface area contributed by atoms with Crippen molar-refractivity contribution in [2.24, 2.45) is 10.1 Å². The molecule has 5 nitrogen and oxygen atoms in total. The average molecular weight is 368 g/mol. The topological polar surface area (TPSA) is 57.1 Å². The number of hydrogen-bond donors (Lipinski definition) is 1. The second-order valence-electron chi connectivity index (χ2n) is 6.02. The van der Waals surface area contributed by atoms with E-state index >= 15 is 0 Å². The SMILES string of the molecule is O=C1CCCN1c1ccc(C2=NNC(=Nc3ccccc3F)SC2)cc1. The first-order valence-corrected chi connectivity index (χ1v) is 9.39. The lowest BCUT2D eigenvalue weighted by molar-refractivity contribution is -0.117. The van der Waals surface area contributed by atoms with Crippen LogP contribution in [0.3, 0.4) is 0 Å². The highest BCUT2D eigenvalue weighted by Gasteiger charge is 2.22. The molecule has 0 spiro atoms. The molecule has 2 aromatic rings. The number of nitrogens with zero attached hydrogens (tertiary/aromatic N) is 3.